The Morgan fingerprint density at radius 3 is 1.54 bits per heavy atom. The Morgan fingerprint density at radius 2 is 1.00 bits per heavy atom. The van der Waals surface area contributed by atoms with Crippen LogP contribution >= 0.6 is 7.82 Å². The summed E-state index contributed by atoms with van der Waals surface area (Å²) in [5.74, 6) is -0.344. The quantitative estimate of drug-likeness (QED) is 0.0272. The topological polar surface area (TPSA) is 117 Å². The van der Waals surface area contributed by atoms with Crippen LogP contribution in [0.15, 0.2) is 48.6 Å². The zero-order valence-corrected chi connectivity index (χ0v) is 35.8. The fourth-order valence-electron chi connectivity index (χ4n) is 5.93. The minimum Gasteiger partial charge on any atom is -0.457 e. The molecule has 2 atom stereocenters. The van der Waals surface area contributed by atoms with Gasteiger partial charge in [0.05, 0.1) is 19.8 Å². The Balaban J connectivity index is 3.96. The molecule has 2 unspecified atom stereocenters. The molecule has 8 nitrogen and oxygen atoms in total. The van der Waals surface area contributed by atoms with Crippen molar-refractivity contribution in [3.8, 4) is 0 Å². The highest BCUT2D eigenvalue weighted by molar-refractivity contribution is 7.47. The van der Waals surface area contributed by atoms with Gasteiger partial charge in [-0.2, -0.15) is 0 Å². The van der Waals surface area contributed by atoms with E-state index in [2.05, 4.69) is 62.5 Å². The van der Waals surface area contributed by atoms with Crippen LogP contribution in [0.3, 0.4) is 0 Å². The van der Waals surface area contributed by atoms with E-state index in [0.717, 1.165) is 57.8 Å². The summed E-state index contributed by atoms with van der Waals surface area (Å²) in [6.45, 7) is 4.85. The van der Waals surface area contributed by atoms with Crippen molar-refractivity contribution in [2.45, 2.75) is 200 Å². The lowest BCUT2D eigenvalue weighted by molar-refractivity contribution is -0.154. The van der Waals surface area contributed by atoms with E-state index in [1.807, 2.05) is 0 Å². The third kappa shape index (κ3) is 41.6. The number of rotatable bonds is 42. The molecule has 0 aromatic heterocycles. The molecule has 0 spiro atoms. The van der Waals surface area contributed by atoms with Gasteiger partial charge in [-0.25, -0.2) is 4.57 Å². The first-order valence-electron chi connectivity index (χ1n) is 22.1. The summed E-state index contributed by atoms with van der Waals surface area (Å²) in [7, 11) is -4.28. The summed E-state index contributed by atoms with van der Waals surface area (Å²) in [5, 5.41) is 0. The minimum absolute atomic E-state index is 0.0967. The molecule has 0 fully saturated rings. The second-order valence-electron chi connectivity index (χ2n) is 14.6. The average molecular weight is 782 g/mol. The van der Waals surface area contributed by atoms with E-state index in [1.54, 1.807) is 0 Å². The van der Waals surface area contributed by atoms with Crippen molar-refractivity contribution < 1.29 is 32.8 Å². The molecule has 54 heavy (non-hydrogen) atoms. The number of hydrogen-bond donors (Lipinski definition) is 2. The fourth-order valence-corrected chi connectivity index (χ4v) is 6.69. The van der Waals surface area contributed by atoms with E-state index < -0.39 is 13.9 Å². The van der Waals surface area contributed by atoms with Gasteiger partial charge in [0.15, 0.2) is 0 Å². The molecule has 0 saturated carbocycles. The second-order valence-corrected chi connectivity index (χ2v) is 16.0. The molecule has 0 aliphatic heterocycles. The van der Waals surface area contributed by atoms with Gasteiger partial charge >= 0.3 is 13.8 Å². The number of ether oxygens (including phenoxy) is 2. The monoisotopic (exact) mass is 782 g/mol. The van der Waals surface area contributed by atoms with Gasteiger partial charge in [0.25, 0.3) is 0 Å². The highest BCUT2D eigenvalue weighted by atomic mass is 31.2. The van der Waals surface area contributed by atoms with E-state index >= 15 is 0 Å². The third-order valence-corrected chi connectivity index (χ3v) is 10.2. The van der Waals surface area contributed by atoms with Crippen LogP contribution in [-0.2, 0) is 27.9 Å². The third-order valence-electron chi connectivity index (χ3n) is 9.22. The molecule has 0 aliphatic carbocycles. The van der Waals surface area contributed by atoms with Crippen molar-refractivity contribution >= 4 is 13.8 Å². The number of carbonyl (C=O) groups excluding carboxylic acids is 1. The number of esters is 1. The van der Waals surface area contributed by atoms with Crippen LogP contribution in [0.25, 0.3) is 0 Å². The highest BCUT2D eigenvalue weighted by Gasteiger charge is 2.25. The van der Waals surface area contributed by atoms with Crippen LogP contribution in [0, 0.1) is 0 Å². The summed E-state index contributed by atoms with van der Waals surface area (Å²) in [5.41, 5.74) is 5.36. The lowest BCUT2D eigenvalue weighted by Crippen LogP contribution is -2.28. The van der Waals surface area contributed by atoms with Gasteiger partial charge in [-0.1, -0.05) is 165 Å². The van der Waals surface area contributed by atoms with Crippen molar-refractivity contribution in [2.75, 3.05) is 33.0 Å². The van der Waals surface area contributed by atoms with E-state index in [-0.39, 0.29) is 32.3 Å². The Labute approximate surface area is 332 Å². The fraction of sp³-hybridized carbons (Fsp3) is 0.800. The van der Waals surface area contributed by atoms with Crippen molar-refractivity contribution in [2.24, 2.45) is 5.73 Å². The van der Waals surface area contributed by atoms with Gasteiger partial charge in [-0.3, -0.25) is 13.8 Å². The maximum atomic E-state index is 12.5. The van der Waals surface area contributed by atoms with Crippen molar-refractivity contribution in [1.82, 2.24) is 0 Å². The smallest absolute Gasteiger partial charge is 0.457 e. The number of nitrogens with two attached hydrogens (primary N) is 1. The van der Waals surface area contributed by atoms with Crippen molar-refractivity contribution in [3.63, 3.8) is 0 Å². The molecule has 0 aliphatic rings. The standard InChI is InChI=1S/C45H84NO7P/c1-3-5-7-9-11-13-15-16-17-18-19-20-21-22-23-24-25-26-27-29-31-33-35-37-40-50-42-44(43-52-54(48,49)51-41-39-46)53-45(47)38-36-34-32-30-28-14-12-10-8-6-4-2/h10,12,15-16,18-19,21-22,44H,3-9,11,13-14,17,20,23-43,46H2,1-2H3,(H,48,49)/b12-10-,16-15-,19-18-,22-21-. The minimum atomic E-state index is -4.28. The maximum Gasteiger partial charge on any atom is 0.472 e. The summed E-state index contributed by atoms with van der Waals surface area (Å²) in [6.07, 6.45) is 49.9. The van der Waals surface area contributed by atoms with Gasteiger partial charge < -0.3 is 20.1 Å². The largest absolute Gasteiger partial charge is 0.472 e. The van der Waals surface area contributed by atoms with Crippen LogP contribution in [-0.4, -0.2) is 49.9 Å². The number of unbranched alkanes of at least 4 members (excludes halogenated alkanes) is 21. The Kier molecular flexibility index (Phi) is 41.4. The van der Waals surface area contributed by atoms with Gasteiger partial charge in [0.1, 0.15) is 6.10 Å². The average Bonchev–Trinajstić information content (AvgIpc) is 3.16. The van der Waals surface area contributed by atoms with Crippen LogP contribution in [0.5, 0.6) is 0 Å². The molecule has 0 bridgehead atoms. The van der Waals surface area contributed by atoms with Crippen LogP contribution < -0.4 is 5.73 Å². The number of allylic oxidation sites excluding steroid dienone is 8. The summed E-state index contributed by atoms with van der Waals surface area (Å²) in [4.78, 5) is 22.4. The van der Waals surface area contributed by atoms with Crippen LogP contribution in [0.4, 0.5) is 0 Å². The lowest BCUT2D eigenvalue weighted by atomic mass is 10.1. The number of carbonyl (C=O) groups is 1. The van der Waals surface area contributed by atoms with Crippen LogP contribution in [0.2, 0.25) is 0 Å². The lowest BCUT2D eigenvalue weighted by Gasteiger charge is -2.20. The molecule has 0 aromatic carbocycles. The Bertz CT molecular complexity index is 968. The van der Waals surface area contributed by atoms with Gasteiger partial charge in [0.2, 0.25) is 0 Å². The first-order valence-corrected chi connectivity index (χ1v) is 23.6. The molecule has 0 amide bonds. The molecular weight excluding hydrogens is 697 g/mol. The van der Waals surface area contributed by atoms with Gasteiger partial charge in [-0.05, 0) is 70.6 Å². The van der Waals surface area contributed by atoms with E-state index in [9.17, 15) is 14.3 Å². The number of hydrogen-bond acceptors (Lipinski definition) is 7. The first kappa shape index (κ1) is 52.5. The number of phosphoric acid groups is 1. The summed E-state index contributed by atoms with van der Waals surface area (Å²) >= 11 is 0. The van der Waals surface area contributed by atoms with Gasteiger partial charge in [0, 0.05) is 19.6 Å². The maximum absolute atomic E-state index is 12.5. The molecule has 9 heteroatoms. The molecular formula is C45H84NO7P. The molecule has 316 valence electrons. The summed E-state index contributed by atoms with van der Waals surface area (Å²) in [6, 6.07) is 0. The molecule has 0 saturated heterocycles. The van der Waals surface area contributed by atoms with E-state index in [1.165, 1.54) is 116 Å². The molecule has 0 aromatic rings. The van der Waals surface area contributed by atoms with Crippen LogP contribution in [0.1, 0.15) is 194 Å². The van der Waals surface area contributed by atoms with Gasteiger partial charge in [-0.15, -0.1) is 0 Å². The first-order chi connectivity index (χ1) is 26.4. The molecule has 3 N–H and O–H groups in total. The predicted molar refractivity (Wildman–Crippen MR) is 229 cm³/mol. The predicted octanol–water partition coefficient (Wildman–Crippen LogP) is 13.2. The summed E-state index contributed by atoms with van der Waals surface area (Å²) < 4.78 is 33.4. The Morgan fingerprint density at radius 1 is 0.556 bits per heavy atom. The zero-order valence-electron chi connectivity index (χ0n) is 35.0. The normalized spacial score (nSPS) is 13.9. The molecule has 0 heterocycles. The SMILES string of the molecule is CCCC/C=C\CCCCCCCC(=O)OC(COCCCCCCCCCCC/C=C\C/C=C\C/C=C\CCCCCCC)COP(=O)(O)OCCN. The number of phosphoric ester groups is 1. The Hall–Kier alpha value is -1.54. The molecule has 0 radical (unpaired) electrons. The molecule has 0 rings (SSSR count). The second kappa shape index (κ2) is 42.6. The highest BCUT2D eigenvalue weighted by Crippen LogP contribution is 2.43. The van der Waals surface area contributed by atoms with Crippen molar-refractivity contribution in [1.29, 1.82) is 0 Å². The zero-order chi connectivity index (χ0) is 39.5. The van der Waals surface area contributed by atoms with E-state index in [4.69, 9.17) is 24.3 Å². The van der Waals surface area contributed by atoms with Crippen molar-refractivity contribution in [3.05, 3.63) is 48.6 Å². The van der Waals surface area contributed by atoms with E-state index in [0.29, 0.717) is 13.0 Å².